The number of ether oxygens (including phenoxy) is 3. The summed E-state index contributed by atoms with van der Waals surface area (Å²) in [6.07, 6.45) is 1.50. The molecule has 0 bridgehead atoms. The van der Waals surface area contributed by atoms with Crippen molar-refractivity contribution in [2.45, 2.75) is 39.5 Å². The van der Waals surface area contributed by atoms with Gasteiger partial charge in [-0.05, 0) is 55.3 Å². The molecule has 0 aliphatic rings. The number of hydrogen-bond acceptors (Lipinski definition) is 7. The first kappa shape index (κ1) is 25.6. The second-order valence-electron chi connectivity index (χ2n) is 7.60. The summed E-state index contributed by atoms with van der Waals surface area (Å²) >= 11 is 0. The zero-order valence-electron chi connectivity index (χ0n) is 19.3. The van der Waals surface area contributed by atoms with Crippen molar-refractivity contribution in [3.63, 3.8) is 0 Å². The Labute approximate surface area is 194 Å². The monoisotopic (exact) mass is 454 g/mol. The lowest BCUT2D eigenvalue weighted by Crippen LogP contribution is -2.10. The molecule has 7 nitrogen and oxygen atoms in total. The molecule has 0 atom stereocenters. The van der Waals surface area contributed by atoms with Crippen LogP contribution in [0.3, 0.4) is 0 Å². The standard InChI is InChI=1S/C26H30O7/c1-5-6-22-24(13-11-21(18(3)27)26(22)30)33-16-17(2)15-32-20-9-7-19(8-10-20)23(28)12-14-25(29)31-4/h7-11,13,30H,2,5-6,12,14-16H2,1,3-4H3. The highest BCUT2D eigenvalue weighted by Gasteiger charge is 2.16. The van der Waals surface area contributed by atoms with Crippen molar-refractivity contribution in [2.75, 3.05) is 20.3 Å². The Bertz CT molecular complexity index is 1010. The molecule has 0 aliphatic carbocycles. The quantitative estimate of drug-likeness (QED) is 0.266. The van der Waals surface area contributed by atoms with Crippen molar-refractivity contribution < 1.29 is 33.7 Å². The second-order valence-corrected chi connectivity index (χ2v) is 7.60. The van der Waals surface area contributed by atoms with Gasteiger partial charge >= 0.3 is 5.97 Å². The number of phenols is 1. The fourth-order valence-corrected chi connectivity index (χ4v) is 3.13. The van der Waals surface area contributed by atoms with Gasteiger partial charge in [0.05, 0.1) is 19.1 Å². The number of methoxy groups -OCH3 is 1. The highest BCUT2D eigenvalue weighted by Crippen LogP contribution is 2.33. The Balaban J connectivity index is 1.89. The van der Waals surface area contributed by atoms with Crippen LogP contribution in [-0.4, -0.2) is 43.0 Å². The van der Waals surface area contributed by atoms with Gasteiger partial charge in [-0.15, -0.1) is 0 Å². The van der Waals surface area contributed by atoms with Crippen LogP contribution in [0.1, 0.15) is 59.4 Å². The third-order valence-corrected chi connectivity index (χ3v) is 4.95. The smallest absolute Gasteiger partial charge is 0.305 e. The number of Topliss-reactive ketones (excluding diaryl/α,β-unsaturated/α-hetero) is 2. The lowest BCUT2D eigenvalue weighted by molar-refractivity contribution is -0.140. The predicted molar refractivity (Wildman–Crippen MR) is 124 cm³/mol. The van der Waals surface area contributed by atoms with E-state index >= 15 is 0 Å². The number of benzene rings is 2. The van der Waals surface area contributed by atoms with E-state index in [-0.39, 0.29) is 48.9 Å². The minimum Gasteiger partial charge on any atom is -0.507 e. The zero-order chi connectivity index (χ0) is 24.4. The largest absolute Gasteiger partial charge is 0.507 e. The number of rotatable bonds is 13. The molecule has 2 rings (SSSR count). The molecule has 176 valence electrons. The summed E-state index contributed by atoms with van der Waals surface area (Å²) in [5.41, 5.74) is 2.04. The molecule has 1 N–H and O–H groups in total. The SMILES string of the molecule is C=C(COc1ccc(C(=O)CCC(=O)OC)cc1)COc1ccc(C(C)=O)c(O)c1CCC. The Kier molecular flexibility index (Phi) is 9.66. The van der Waals surface area contributed by atoms with Crippen molar-refractivity contribution >= 4 is 17.5 Å². The van der Waals surface area contributed by atoms with Crippen LogP contribution >= 0.6 is 0 Å². The maximum Gasteiger partial charge on any atom is 0.305 e. The van der Waals surface area contributed by atoms with E-state index in [0.29, 0.717) is 34.6 Å². The van der Waals surface area contributed by atoms with Crippen molar-refractivity contribution in [1.29, 1.82) is 0 Å². The van der Waals surface area contributed by atoms with Gasteiger partial charge in [-0.25, -0.2) is 0 Å². The van der Waals surface area contributed by atoms with E-state index in [2.05, 4.69) is 11.3 Å². The van der Waals surface area contributed by atoms with E-state index in [9.17, 15) is 19.5 Å². The van der Waals surface area contributed by atoms with Gasteiger partial charge in [-0.2, -0.15) is 0 Å². The minimum atomic E-state index is -0.421. The average Bonchev–Trinajstić information content (AvgIpc) is 2.81. The van der Waals surface area contributed by atoms with Crippen molar-refractivity contribution in [3.05, 3.63) is 65.2 Å². The zero-order valence-corrected chi connectivity index (χ0v) is 19.3. The summed E-state index contributed by atoms with van der Waals surface area (Å²) in [5.74, 6) is 0.268. The lowest BCUT2D eigenvalue weighted by atomic mass is 10.0. The fourth-order valence-electron chi connectivity index (χ4n) is 3.13. The number of aromatic hydroxyl groups is 1. The van der Waals surface area contributed by atoms with Gasteiger partial charge in [0.1, 0.15) is 30.5 Å². The molecule has 7 heteroatoms. The third-order valence-electron chi connectivity index (χ3n) is 4.95. The molecule has 0 fully saturated rings. The number of carbonyl (C=O) groups excluding carboxylic acids is 3. The number of carbonyl (C=O) groups is 3. The molecular weight excluding hydrogens is 424 g/mol. The maximum atomic E-state index is 12.1. The molecule has 0 saturated carbocycles. The summed E-state index contributed by atoms with van der Waals surface area (Å²) in [6, 6.07) is 9.88. The van der Waals surface area contributed by atoms with Crippen molar-refractivity contribution in [2.24, 2.45) is 0 Å². The first-order valence-corrected chi connectivity index (χ1v) is 10.7. The number of phenolic OH excluding ortho intramolecular Hbond substituents is 1. The molecular formula is C26H30O7. The minimum absolute atomic E-state index is 0.0371. The molecule has 0 radical (unpaired) electrons. The summed E-state index contributed by atoms with van der Waals surface area (Å²) in [6.45, 7) is 7.74. The van der Waals surface area contributed by atoms with E-state index in [0.717, 1.165) is 6.42 Å². The summed E-state index contributed by atoms with van der Waals surface area (Å²) < 4.78 is 16.1. The van der Waals surface area contributed by atoms with Gasteiger partial charge in [0, 0.05) is 17.5 Å². The molecule has 2 aromatic carbocycles. The molecule has 0 amide bonds. The van der Waals surface area contributed by atoms with Gasteiger partial charge in [0.15, 0.2) is 11.6 Å². The molecule has 2 aromatic rings. The highest BCUT2D eigenvalue weighted by atomic mass is 16.5. The summed E-state index contributed by atoms with van der Waals surface area (Å²) in [5, 5.41) is 10.4. The van der Waals surface area contributed by atoms with Gasteiger partial charge in [-0.3, -0.25) is 14.4 Å². The molecule has 33 heavy (non-hydrogen) atoms. The molecule has 0 aliphatic heterocycles. The van der Waals surface area contributed by atoms with Crippen molar-refractivity contribution in [3.8, 4) is 17.2 Å². The van der Waals surface area contributed by atoms with Crippen LogP contribution < -0.4 is 9.47 Å². The van der Waals surface area contributed by atoms with Crippen LogP contribution in [0.15, 0.2) is 48.6 Å². The van der Waals surface area contributed by atoms with Gasteiger partial charge in [0.25, 0.3) is 0 Å². The van der Waals surface area contributed by atoms with E-state index < -0.39 is 5.97 Å². The van der Waals surface area contributed by atoms with Crippen LogP contribution in [-0.2, 0) is 16.0 Å². The fraction of sp³-hybridized carbons (Fsp3) is 0.346. The molecule has 0 aromatic heterocycles. The first-order valence-electron chi connectivity index (χ1n) is 10.7. The number of esters is 1. The number of ketones is 2. The first-order chi connectivity index (χ1) is 15.8. The molecule has 0 unspecified atom stereocenters. The van der Waals surface area contributed by atoms with Gasteiger partial charge < -0.3 is 19.3 Å². The van der Waals surface area contributed by atoms with Crippen LogP contribution in [0.2, 0.25) is 0 Å². The normalized spacial score (nSPS) is 10.4. The van der Waals surface area contributed by atoms with Gasteiger partial charge in [0.2, 0.25) is 0 Å². The molecule has 0 heterocycles. The lowest BCUT2D eigenvalue weighted by Gasteiger charge is -2.16. The topological polar surface area (TPSA) is 99.1 Å². The average molecular weight is 455 g/mol. The Morgan fingerprint density at radius 3 is 2.24 bits per heavy atom. The van der Waals surface area contributed by atoms with E-state index in [1.165, 1.54) is 14.0 Å². The number of hydrogen-bond donors (Lipinski definition) is 1. The Morgan fingerprint density at radius 2 is 1.64 bits per heavy atom. The Morgan fingerprint density at radius 1 is 0.970 bits per heavy atom. The third kappa shape index (κ3) is 7.49. The summed E-state index contributed by atoms with van der Waals surface area (Å²) in [7, 11) is 1.29. The van der Waals surface area contributed by atoms with Crippen LogP contribution in [0.4, 0.5) is 0 Å². The Hall–Kier alpha value is -3.61. The molecule has 0 spiro atoms. The predicted octanol–water partition coefficient (Wildman–Crippen LogP) is 4.70. The van der Waals surface area contributed by atoms with Crippen LogP contribution in [0.25, 0.3) is 0 Å². The van der Waals surface area contributed by atoms with Gasteiger partial charge in [-0.1, -0.05) is 19.9 Å². The van der Waals surface area contributed by atoms with E-state index in [1.807, 2.05) is 6.92 Å². The van der Waals surface area contributed by atoms with Crippen molar-refractivity contribution in [1.82, 2.24) is 0 Å². The summed E-state index contributed by atoms with van der Waals surface area (Å²) in [4.78, 5) is 34.9. The van der Waals surface area contributed by atoms with E-state index in [4.69, 9.17) is 9.47 Å². The van der Waals surface area contributed by atoms with Crippen LogP contribution in [0, 0.1) is 0 Å². The molecule has 0 saturated heterocycles. The van der Waals surface area contributed by atoms with E-state index in [1.54, 1.807) is 36.4 Å². The van der Waals surface area contributed by atoms with Crippen LogP contribution in [0.5, 0.6) is 17.2 Å². The maximum absolute atomic E-state index is 12.1. The highest BCUT2D eigenvalue weighted by molar-refractivity contribution is 5.98. The second kappa shape index (κ2) is 12.4.